The first-order valence-corrected chi connectivity index (χ1v) is 7.36. The zero-order valence-corrected chi connectivity index (χ0v) is 13.6. The fourth-order valence-corrected chi connectivity index (χ4v) is 2.12. The van der Waals surface area contributed by atoms with Crippen molar-refractivity contribution in [2.24, 2.45) is 0 Å². The first-order valence-electron chi connectivity index (χ1n) is 7.36. The van der Waals surface area contributed by atoms with Gasteiger partial charge < -0.3 is 20.5 Å². The van der Waals surface area contributed by atoms with E-state index >= 15 is 0 Å². The number of phenols is 1. The minimum Gasteiger partial charge on any atom is -0.508 e. The number of hydrogen-bond acceptors (Lipinski definition) is 4. The third-order valence-electron chi connectivity index (χ3n) is 3.40. The Balaban J connectivity index is 1.96. The number of rotatable bonds is 6. The third kappa shape index (κ3) is 4.51. The number of aromatic hydroxyl groups is 1. The van der Waals surface area contributed by atoms with Crippen molar-refractivity contribution in [3.63, 3.8) is 0 Å². The van der Waals surface area contributed by atoms with Crippen LogP contribution in [-0.2, 0) is 14.3 Å². The number of methoxy groups -OCH3 is 1. The molecule has 0 aromatic heterocycles. The summed E-state index contributed by atoms with van der Waals surface area (Å²) in [5.74, 6) is -6.12. The normalized spacial score (nSPS) is 11.7. The number of hydrogen-bond donors (Lipinski definition) is 3. The maximum Gasteiger partial charge on any atom is 0.254 e. The molecule has 0 aliphatic heterocycles. The van der Waals surface area contributed by atoms with Gasteiger partial charge in [-0.15, -0.1) is 0 Å². The van der Waals surface area contributed by atoms with Gasteiger partial charge in [-0.05, 0) is 29.8 Å². The summed E-state index contributed by atoms with van der Waals surface area (Å²) in [6, 6.07) is 7.21. The second-order valence-corrected chi connectivity index (χ2v) is 5.20. The lowest BCUT2D eigenvalue weighted by molar-refractivity contribution is -0.132. The van der Waals surface area contributed by atoms with Gasteiger partial charge in [0, 0.05) is 7.11 Å². The van der Waals surface area contributed by atoms with Crippen molar-refractivity contribution in [2.75, 3.05) is 19.0 Å². The lowest BCUT2D eigenvalue weighted by atomic mass is 10.1. The van der Waals surface area contributed by atoms with E-state index in [1.54, 1.807) is 0 Å². The summed E-state index contributed by atoms with van der Waals surface area (Å²) in [6.07, 6.45) is -1.04. The molecule has 26 heavy (non-hydrogen) atoms. The summed E-state index contributed by atoms with van der Waals surface area (Å²) in [7, 11) is 1.29. The fourth-order valence-electron chi connectivity index (χ4n) is 2.12. The number of halogens is 3. The van der Waals surface area contributed by atoms with Crippen molar-refractivity contribution in [1.29, 1.82) is 0 Å². The summed E-state index contributed by atoms with van der Waals surface area (Å²) in [5, 5.41) is 13.6. The smallest absolute Gasteiger partial charge is 0.254 e. The van der Waals surface area contributed by atoms with Crippen LogP contribution in [0.4, 0.5) is 18.9 Å². The first-order chi connectivity index (χ1) is 12.3. The molecule has 9 heteroatoms. The highest BCUT2D eigenvalue weighted by atomic mass is 19.2. The molecule has 2 amide bonds. The Kier molecular flexibility index (Phi) is 6.18. The van der Waals surface area contributed by atoms with E-state index in [1.807, 2.05) is 5.32 Å². The van der Waals surface area contributed by atoms with E-state index in [1.165, 1.54) is 31.4 Å². The van der Waals surface area contributed by atoms with E-state index in [0.29, 0.717) is 11.6 Å². The number of carbonyl (C=O) groups excluding carboxylic acids is 2. The van der Waals surface area contributed by atoms with E-state index in [4.69, 9.17) is 4.74 Å². The molecule has 138 valence electrons. The predicted octanol–water partition coefficient (Wildman–Crippen LogP) is 2.25. The average molecular weight is 368 g/mol. The zero-order valence-electron chi connectivity index (χ0n) is 13.6. The molecule has 2 aromatic rings. The topological polar surface area (TPSA) is 87.7 Å². The summed E-state index contributed by atoms with van der Waals surface area (Å²) in [5.41, 5.74) is -0.111. The second kappa shape index (κ2) is 8.34. The Morgan fingerprint density at radius 2 is 1.73 bits per heavy atom. The molecular weight excluding hydrogens is 353 g/mol. The second-order valence-electron chi connectivity index (χ2n) is 5.20. The third-order valence-corrected chi connectivity index (χ3v) is 3.40. The maximum absolute atomic E-state index is 13.5. The number of carbonyl (C=O) groups is 2. The van der Waals surface area contributed by atoms with Gasteiger partial charge in [0.05, 0.1) is 12.2 Å². The molecule has 0 spiro atoms. The van der Waals surface area contributed by atoms with E-state index < -0.39 is 47.6 Å². The number of phenolic OH excluding ortho intramolecular Hbond substituents is 1. The number of benzene rings is 2. The monoisotopic (exact) mass is 368 g/mol. The molecule has 0 saturated heterocycles. The minimum absolute atomic E-state index is 0.0111. The fraction of sp³-hybridized carbons (Fsp3) is 0.176. The van der Waals surface area contributed by atoms with Crippen LogP contribution < -0.4 is 10.6 Å². The van der Waals surface area contributed by atoms with Crippen molar-refractivity contribution in [3.8, 4) is 5.75 Å². The van der Waals surface area contributed by atoms with Crippen LogP contribution in [0.15, 0.2) is 36.4 Å². The Morgan fingerprint density at radius 3 is 2.35 bits per heavy atom. The molecule has 0 radical (unpaired) electrons. The molecule has 0 aliphatic carbocycles. The Morgan fingerprint density at radius 1 is 1.08 bits per heavy atom. The van der Waals surface area contributed by atoms with Crippen LogP contribution in [0.1, 0.15) is 11.7 Å². The quantitative estimate of drug-likeness (QED) is 0.683. The highest BCUT2D eigenvalue weighted by molar-refractivity contribution is 5.95. The van der Waals surface area contributed by atoms with Crippen LogP contribution in [0.3, 0.4) is 0 Å². The highest BCUT2D eigenvalue weighted by Crippen LogP contribution is 2.20. The van der Waals surface area contributed by atoms with Gasteiger partial charge in [0.25, 0.3) is 5.91 Å². The largest absolute Gasteiger partial charge is 0.508 e. The molecule has 0 bridgehead atoms. The lowest BCUT2D eigenvalue weighted by Gasteiger charge is -2.15. The van der Waals surface area contributed by atoms with Crippen LogP contribution in [0.2, 0.25) is 0 Å². The average Bonchev–Trinajstić information content (AvgIpc) is 2.62. The van der Waals surface area contributed by atoms with Crippen molar-refractivity contribution in [3.05, 3.63) is 59.4 Å². The van der Waals surface area contributed by atoms with Crippen LogP contribution >= 0.6 is 0 Å². The van der Waals surface area contributed by atoms with Crippen molar-refractivity contribution < 1.29 is 32.6 Å². The minimum atomic E-state index is -1.71. The van der Waals surface area contributed by atoms with Gasteiger partial charge >= 0.3 is 0 Å². The van der Waals surface area contributed by atoms with E-state index in [9.17, 15) is 27.9 Å². The highest BCUT2D eigenvalue weighted by Gasteiger charge is 2.21. The van der Waals surface area contributed by atoms with E-state index in [0.717, 1.165) is 6.07 Å². The van der Waals surface area contributed by atoms with Gasteiger partial charge in [0.15, 0.2) is 23.6 Å². The number of nitrogens with one attached hydrogen (secondary N) is 2. The number of ether oxygens (including phenoxy) is 1. The van der Waals surface area contributed by atoms with Crippen molar-refractivity contribution in [1.82, 2.24) is 5.32 Å². The summed E-state index contributed by atoms with van der Waals surface area (Å²) >= 11 is 0. The van der Waals surface area contributed by atoms with Crippen LogP contribution in [0.5, 0.6) is 5.75 Å². The van der Waals surface area contributed by atoms with Gasteiger partial charge in [-0.25, -0.2) is 13.2 Å². The Hall–Kier alpha value is -3.07. The summed E-state index contributed by atoms with van der Waals surface area (Å²) in [6.45, 7) is -0.546. The summed E-state index contributed by atoms with van der Waals surface area (Å²) < 4.78 is 44.5. The lowest BCUT2D eigenvalue weighted by Crippen LogP contribution is -2.36. The first kappa shape index (κ1) is 19.3. The van der Waals surface area contributed by atoms with E-state index in [-0.39, 0.29) is 5.75 Å². The van der Waals surface area contributed by atoms with Gasteiger partial charge in [0.2, 0.25) is 5.91 Å². The SMILES string of the molecule is COC(C(=O)NCC(=O)Nc1ccc(F)c(F)c1F)c1ccc(O)cc1. The van der Waals surface area contributed by atoms with Gasteiger partial charge in [0.1, 0.15) is 5.75 Å². The van der Waals surface area contributed by atoms with Gasteiger partial charge in [-0.1, -0.05) is 12.1 Å². The van der Waals surface area contributed by atoms with Crippen LogP contribution in [0, 0.1) is 17.5 Å². The van der Waals surface area contributed by atoms with Crippen LogP contribution in [0.25, 0.3) is 0 Å². The molecule has 3 N–H and O–H groups in total. The predicted molar refractivity (Wildman–Crippen MR) is 85.8 cm³/mol. The number of amides is 2. The molecule has 0 aliphatic rings. The molecule has 0 heterocycles. The molecule has 1 atom stereocenters. The molecular formula is C17H15F3N2O4. The zero-order chi connectivity index (χ0) is 19.3. The molecule has 2 aromatic carbocycles. The summed E-state index contributed by atoms with van der Waals surface area (Å²) in [4.78, 5) is 23.9. The Labute approximate surface area is 146 Å². The van der Waals surface area contributed by atoms with Gasteiger partial charge in [-0.3, -0.25) is 9.59 Å². The van der Waals surface area contributed by atoms with Crippen LogP contribution in [-0.4, -0.2) is 30.6 Å². The van der Waals surface area contributed by atoms with E-state index in [2.05, 4.69) is 5.32 Å². The Bertz CT molecular complexity index is 812. The number of anilines is 1. The molecule has 6 nitrogen and oxygen atoms in total. The molecule has 2 rings (SSSR count). The maximum atomic E-state index is 13.5. The molecule has 1 unspecified atom stereocenters. The molecule has 0 fully saturated rings. The van der Waals surface area contributed by atoms with Gasteiger partial charge in [-0.2, -0.15) is 0 Å². The van der Waals surface area contributed by atoms with Crippen molar-refractivity contribution in [2.45, 2.75) is 6.10 Å². The molecule has 0 saturated carbocycles. The van der Waals surface area contributed by atoms with Crippen molar-refractivity contribution >= 4 is 17.5 Å². The standard InChI is InChI=1S/C17H15F3N2O4/c1-26-16(9-2-4-10(23)5-3-9)17(25)21-8-13(24)22-12-7-6-11(18)14(19)15(12)20/h2-7,16,23H,8H2,1H3,(H,21,25)(H,22,24).